The Labute approximate surface area is 78.2 Å². The van der Waals surface area contributed by atoms with Crippen LogP contribution in [0, 0.1) is 0 Å². The quantitative estimate of drug-likeness (QED) is 0.387. The van der Waals surface area contributed by atoms with Crippen LogP contribution in [0.5, 0.6) is 0 Å². The normalized spacial score (nSPS) is 9.00. The molecule has 0 bridgehead atoms. The summed E-state index contributed by atoms with van der Waals surface area (Å²) in [6.07, 6.45) is 2.40. The first kappa shape index (κ1) is 13.5. The summed E-state index contributed by atoms with van der Waals surface area (Å²) in [6, 6.07) is 0. The first-order valence-electron chi connectivity index (χ1n) is 3.86. The third kappa shape index (κ3) is 36.4. The molecule has 0 aliphatic rings. The van der Waals surface area contributed by atoms with E-state index >= 15 is 0 Å². The summed E-state index contributed by atoms with van der Waals surface area (Å²) < 4.78 is 0. The summed E-state index contributed by atoms with van der Waals surface area (Å²) in [5, 5.41) is 0. The van der Waals surface area contributed by atoms with Gasteiger partial charge in [0.05, 0.1) is 0 Å². The largest absolute Gasteiger partial charge is 0.179 e. The fourth-order valence-electron chi connectivity index (χ4n) is 0.224. The molecule has 0 rings (SSSR count). The predicted octanol–water partition coefficient (Wildman–Crippen LogP) is 2.73. The molecule has 0 heterocycles. The molecule has 0 saturated heterocycles. The Morgan fingerprint density at radius 2 is 1.10 bits per heavy atom. The maximum atomic E-state index is 4.02. The van der Waals surface area contributed by atoms with Crippen LogP contribution in [0.1, 0.15) is 12.8 Å². The first-order chi connectivity index (χ1) is 4.65. The Kier molecular flexibility index (Phi) is 17.0. The molecular formula is C7H20S2Si. The molecule has 0 atom stereocenters. The number of unbranched alkanes of at least 4 members (excludes halogenated alkanes) is 1. The minimum Gasteiger partial charge on any atom is -0.179 e. The van der Waals surface area contributed by atoms with Crippen LogP contribution in [0.25, 0.3) is 0 Å². The van der Waals surface area contributed by atoms with Gasteiger partial charge in [-0.1, -0.05) is 19.6 Å². The molecule has 64 valence electrons. The van der Waals surface area contributed by atoms with Crippen LogP contribution in [0.4, 0.5) is 0 Å². The average molecular weight is 196 g/mol. The van der Waals surface area contributed by atoms with Gasteiger partial charge in [0.1, 0.15) is 0 Å². The first-order valence-corrected chi connectivity index (χ1v) is 8.59. The Morgan fingerprint density at radius 3 is 1.20 bits per heavy atom. The van der Waals surface area contributed by atoms with Gasteiger partial charge in [-0.05, 0) is 24.3 Å². The lowest BCUT2D eigenvalue weighted by Crippen LogP contribution is -1.84. The zero-order valence-electron chi connectivity index (χ0n) is 7.30. The lowest BCUT2D eigenvalue weighted by atomic mass is 10.4. The number of hydrogen-bond donors (Lipinski definition) is 2. The van der Waals surface area contributed by atoms with Crippen LogP contribution in [-0.4, -0.2) is 20.3 Å². The van der Waals surface area contributed by atoms with Crippen molar-refractivity contribution in [1.29, 1.82) is 0 Å². The van der Waals surface area contributed by atoms with Gasteiger partial charge in [-0.2, -0.15) is 25.3 Å². The number of hydrogen-bond acceptors (Lipinski definition) is 2. The molecule has 0 amide bonds. The van der Waals surface area contributed by atoms with E-state index in [4.69, 9.17) is 0 Å². The van der Waals surface area contributed by atoms with Crippen LogP contribution >= 0.6 is 25.3 Å². The molecule has 10 heavy (non-hydrogen) atoms. The van der Waals surface area contributed by atoms with Crippen molar-refractivity contribution in [3.05, 3.63) is 0 Å². The van der Waals surface area contributed by atoms with Crippen molar-refractivity contribution in [1.82, 2.24) is 0 Å². The minimum atomic E-state index is -0.139. The Morgan fingerprint density at radius 1 is 0.900 bits per heavy atom. The summed E-state index contributed by atoms with van der Waals surface area (Å²) in [5.74, 6) is 2.00. The average Bonchev–Trinajstić information content (AvgIpc) is 1.82. The molecule has 3 heteroatoms. The van der Waals surface area contributed by atoms with Crippen LogP contribution in [0.3, 0.4) is 0 Å². The Bertz CT molecular complexity index is 42.1. The van der Waals surface area contributed by atoms with Crippen LogP contribution in [0.15, 0.2) is 0 Å². The fourth-order valence-corrected chi connectivity index (χ4v) is 0.671. The van der Waals surface area contributed by atoms with Gasteiger partial charge >= 0.3 is 0 Å². The smallest absolute Gasteiger partial charge is 0.0274 e. The standard InChI is InChI=1S/C4H10S2.C3H10Si/c5-3-1-2-4-6;1-4(2)3/h5-6H,1-4H2;4H,1-3H3. The molecule has 0 saturated carbocycles. The summed E-state index contributed by atoms with van der Waals surface area (Å²) in [4.78, 5) is 0. The molecule has 0 aromatic carbocycles. The van der Waals surface area contributed by atoms with Gasteiger partial charge in [0.15, 0.2) is 0 Å². The molecule has 0 radical (unpaired) electrons. The van der Waals surface area contributed by atoms with Crippen molar-refractivity contribution in [2.75, 3.05) is 11.5 Å². The van der Waals surface area contributed by atoms with E-state index in [1.165, 1.54) is 12.8 Å². The second kappa shape index (κ2) is 12.6. The molecule has 0 aliphatic heterocycles. The van der Waals surface area contributed by atoms with Gasteiger partial charge < -0.3 is 0 Å². The molecular weight excluding hydrogens is 176 g/mol. The molecule has 0 fully saturated rings. The lowest BCUT2D eigenvalue weighted by molar-refractivity contribution is 0.912. The van der Waals surface area contributed by atoms with E-state index in [0.717, 1.165) is 11.5 Å². The van der Waals surface area contributed by atoms with E-state index in [0.29, 0.717) is 0 Å². The van der Waals surface area contributed by atoms with Crippen LogP contribution < -0.4 is 0 Å². The summed E-state index contributed by atoms with van der Waals surface area (Å²) in [6.45, 7) is 6.92. The van der Waals surface area contributed by atoms with Crippen molar-refractivity contribution in [3.63, 3.8) is 0 Å². The number of thiol groups is 2. The van der Waals surface area contributed by atoms with E-state index in [2.05, 4.69) is 44.9 Å². The van der Waals surface area contributed by atoms with Crippen molar-refractivity contribution in [2.45, 2.75) is 32.5 Å². The van der Waals surface area contributed by atoms with E-state index in [-0.39, 0.29) is 8.80 Å². The summed E-state index contributed by atoms with van der Waals surface area (Å²) >= 11 is 8.04. The lowest BCUT2D eigenvalue weighted by Gasteiger charge is -1.85. The highest BCUT2D eigenvalue weighted by Gasteiger charge is 1.76. The topological polar surface area (TPSA) is 0 Å². The zero-order valence-corrected chi connectivity index (χ0v) is 10.2. The third-order valence-corrected chi connectivity index (χ3v) is 1.20. The van der Waals surface area contributed by atoms with E-state index in [1.54, 1.807) is 0 Å². The van der Waals surface area contributed by atoms with Crippen molar-refractivity contribution in [2.24, 2.45) is 0 Å². The van der Waals surface area contributed by atoms with E-state index < -0.39 is 0 Å². The van der Waals surface area contributed by atoms with Crippen molar-refractivity contribution in [3.8, 4) is 0 Å². The third-order valence-electron chi connectivity index (χ3n) is 0.566. The van der Waals surface area contributed by atoms with E-state index in [9.17, 15) is 0 Å². The SMILES string of the molecule is C[SiH](C)C.SCCCCS. The van der Waals surface area contributed by atoms with Gasteiger partial charge in [-0.25, -0.2) is 0 Å². The maximum Gasteiger partial charge on any atom is 0.0274 e. The highest BCUT2D eigenvalue weighted by Crippen LogP contribution is 1.91. The maximum absolute atomic E-state index is 4.02. The van der Waals surface area contributed by atoms with Crippen molar-refractivity contribution >= 4 is 34.1 Å². The molecule has 0 unspecified atom stereocenters. The highest BCUT2D eigenvalue weighted by atomic mass is 32.1. The minimum absolute atomic E-state index is 0.139. The predicted molar refractivity (Wildman–Crippen MR) is 61.7 cm³/mol. The highest BCUT2D eigenvalue weighted by molar-refractivity contribution is 7.80. The molecule has 0 spiro atoms. The van der Waals surface area contributed by atoms with Crippen LogP contribution in [0.2, 0.25) is 19.6 Å². The zero-order chi connectivity index (χ0) is 8.41. The summed E-state index contributed by atoms with van der Waals surface area (Å²) in [5.41, 5.74) is 0. The fraction of sp³-hybridized carbons (Fsp3) is 1.00. The molecule has 0 aromatic heterocycles. The van der Waals surface area contributed by atoms with Gasteiger partial charge in [0.25, 0.3) is 0 Å². The van der Waals surface area contributed by atoms with Gasteiger partial charge in [0, 0.05) is 8.80 Å². The van der Waals surface area contributed by atoms with E-state index in [1.807, 2.05) is 0 Å². The molecule has 0 aliphatic carbocycles. The van der Waals surface area contributed by atoms with Crippen molar-refractivity contribution < 1.29 is 0 Å². The number of rotatable bonds is 3. The molecule has 0 nitrogen and oxygen atoms in total. The second-order valence-corrected chi connectivity index (χ2v) is 7.24. The summed E-state index contributed by atoms with van der Waals surface area (Å²) in [7, 11) is -0.139. The monoisotopic (exact) mass is 196 g/mol. The Balaban J connectivity index is 0. The van der Waals surface area contributed by atoms with Crippen LogP contribution in [-0.2, 0) is 0 Å². The molecule has 0 aromatic rings. The van der Waals surface area contributed by atoms with Gasteiger partial charge in [0.2, 0.25) is 0 Å². The van der Waals surface area contributed by atoms with Gasteiger partial charge in [-0.3, -0.25) is 0 Å². The second-order valence-electron chi connectivity index (χ2n) is 2.89. The van der Waals surface area contributed by atoms with Gasteiger partial charge in [-0.15, -0.1) is 0 Å². The Hall–Kier alpha value is 0.917. The molecule has 0 N–H and O–H groups in total.